The fraction of sp³-hybridized carbons (Fsp3) is 0.222. The number of para-hydroxylation sites is 1. The lowest BCUT2D eigenvalue weighted by Gasteiger charge is -2.20. The number of anilines is 1. The molecular formula is C18H19NO3. The van der Waals surface area contributed by atoms with Gasteiger partial charge < -0.3 is 4.74 Å². The van der Waals surface area contributed by atoms with Crippen molar-refractivity contribution >= 4 is 17.6 Å². The minimum absolute atomic E-state index is 0.146. The van der Waals surface area contributed by atoms with Crippen LogP contribution >= 0.6 is 0 Å². The van der Waals surface area contributed by atoms with Crippen molar-refractivity contribution in [2.75, 3.05) is 5.32 Å². The lowest BCUT2D eigenvalue weighted by Crippen LogP contribution is -2.27. The summed E-state index contributed by atoms with van der Waals surface area (Å²) < 4.78 is 5.22. The van der Waals surface area contributed by atoms with E-state index in [9.17, 15) is 9.59 Å². The Morgan fingerprint density at radius 1 is 0.909 bits per heavy atom. The zero-order chi connectivity index (χ0) is 16.2. The molecule has 0 aliphatic heterocycles. The summed E-state index contributed by atoms with van der Waals surface area (Å²) in [5.41, 5.74) is 0.841. The van der Waals surface area contributed by atoms with Gasteiger partial charge in [-0.25, -0.2) is 4.79 Å². The van der Waals surface area contributed by atoms with Crippen LogP contribution in [-0.2, 0) is 4.74 Å². The Morgan fingerprint density at radius 2 is 1.50 bits per heavy atom. The fourth-order valence-electron chi connectivity index (χ4n) is 1.95. The van der Waals surface area contributed by atoms with Crippen molar-refractivity contribution < 1.29 is 14.3 Å². The summed E-state index contributed by atoms with van der Waals surface area (Å²) in [5, 5.41) is 2.64. The highest BCUT2D eigenvalue weighted by Crippen LogP contribution is 2.20. The van der Waals surface area contributed by atoms with Gasteiger partial charge in [-0.2, -0.15) is 0 Å². The van der Waals surface area contributed by atoms with E-state index in [-0.39, 0.29) is 5.78 Å². The normalized spacial score (nSPS) is 10.9. The van der Waals surface area contributed by atoms with Gasteiger partial charge in [0.25, 0.3) is 0 Å². The van der Waals surface area contributed by atoms with Crippen molar-refractivity contribution in [2.24, 2.45) is 0 Å². The third-order valence-electron chi connectivity index (χ3n) is 2.84. The van der Waals surface area contributed by atoms with Gasteiger partial charge in [-0.15, -0.1) is 0 Å². The maximum Gasteiger partial charge on any atom is 0.412 e. The van der Waals surface area contributed by atoms with E-state index in [4.69, 9.17) is 4.74 Å². The molecule has 2 aromatic carbocycles. The lowest BCUT2D eigenvalue weighted by molar-refractivity contribution is 0.0636. The second kappa shape index (κ2) is 6.43. The number of hydrogen-bond acceptors (Lipinski definition) is 3. The number of carbonyl (C=O) groups excluding carboxylic acids is 2. The summed E-state index contributed by atoms with van der Waals surface area (Å²) in [6, 6.07) is 15.8. The van der Waals surface area contributed by atoms with Gasteiger partial charge in [-0.3, -0.25) is 10.1 Å². The topological polar surface area (TPSA) is 55.4 Å². The van der Waals surface area contributed by atoms with Gasteiger partial charge in [0.15, 0.2) is 5.78 Å². The van der Waals surface area contributed by atoms with E-state index in [0.717, 1.165) is 0 Å². The number of ether oxygens (including phenoxy) is 1. The van der Waals surface area contributed by atoms with Crippen LogP contribution < -0.4 is 5.32 Å². The molecule has 0 aliphatic carbocycles. The largest absolute Gasteiger partial charge is 0.444 e. The average molecular weight is 297 g/mol. The van der Waals surface area contributed by atoms with Gasteiger partial charge >= 0.3 is 6.09 Å². The fourth-order valence-corrected chi connectivity index (χ4v) is 1.95. The Hall–Kier alpha value is -2.62. The van der Waals surface area contributed by atoms with Gasteiger partial charge in [0.1, 0.15) is 5.60 Å². The molecular weight excluding hydrogens is 278 g/mol. The Morgan fingerprint density at radius 3 is 2.14 bits per heavy atom. The van der Waals surface area contributed by atoms with E-state index >= 15 is 0 Å². The van der Waals surface area contributed by atoms with Crippen LogP contribution in [0.25, 0.3) is 0 Å². The van der Waals surface area contributed by atoms with Crippen LogP contribution in [0.1, 0.15) is 36.7 Å². The quantitative estimate of drug-likeness (QED) is 0.861. The van der Waals surface area contributed by atoms with Crippen LogP contribution in [0.5, 0.6) is 0 Å². The molecule has 0 saturated carbocycles. The van der Waals surface area contributed by atoms with E-state index in [2.05, 4.69) is 5.32 Å². The second-order valence-electron chi connectivity index (χ2n) is 5.87. The SMILES string of the molecule is CC(C)(C)OC(=O)Nc1ccccc1C(=O)c1ccccc1. The van der Waals surface area contributed by atoms with Crippen molar-refractivity contribution in [1.82, 2.24) is 0 Å². The van der Waals surface area contributed by atoms with Crippen LogP contribution in [0.3, 0.4) is 0 Å². The first-order chi connectivity index (χ1) is 10.4. The number of amides is 1. The van der Waals surface area contributed by atoms with Crippen molar-refractivity contribution in [3.05, 3.63) is 65.7 Å². The van der Waals surface area contributed by atoms with Crippen LogP contribution in [0.4, 0.5) is 10.5 Å². The molecule has 1 N–H and O–H groups in total. The smallest absolute Gasteiger partial charge is 0.412 e. The number of benzene rings is 2. The molecule has 4 nitrogen and oxygen atoms in total. The maximum atomic E-state index is 12.5. The molecule has 2 rings (SSSR count). The van der Waals surface area contributed by atoms with Gasteiger partial charge in [-0.05, 0) is 32.9 Å². The molecule has 0 unspecified atom stereocenters. The van der Waals surface area contributed by atoms with Crippen molar-refractivity contribution in [3.63, 3.8) is 0 Å². The van der Waals surface area contributed by atoms with Crippen LogP contribution in [0, 0.1) is 0 Å². The molecule has 4 heteroatoms. The summed E-state index contributed by atoms with van der Waals surface area (Å²) >= 11 is 0. The second-order valence-corrected chi connectivity index (χ2v) is 5.87. The third-order valence-corrected chi connectivity index (χ3v) is 2.84. The Kier molecular flexibility index (Phi) is 4.61. The van der Waals surface area contributed by atoms with Gasteiger partial charge in [-0.1, -0.05) is 42.5 Å². The Bertz CT molecular complexity index is 672. The first kappa shape index (κ1) is 15.8. The Balaban J connectivity index is 2.24. The molecule has 22 heavy (non-hydrogen) atoms. The predicted octanol–water partition coefficient (Wildman–Crippen LogP) is 4.26. The standard InChI is InChI=1S/C18H19NO3/c1-18(2,3)22-17(21)19-15-12-8-7-11-14(15)16(20)13-9-5-4-6-10-13/h4-12H,1-3H3,(H,19,21). The molecule has 0 fully saturated rings. The lowest BCUT2D eigenvalue weighted by atomic mass is 10.0. The van der Waals surface area contributed by atoms with Crippen molar-refractivity contribution in [1.29, 1.82) is 0 Å². The molecule has 0 aliphatic rings. The van der Waals surface area contributed by atoms with Gasteiger partial charge in [0.05, 0.1) is 5.69 Å². The molecule has 0 bridgehead atoms. The molecule has 114 valence electrons. The molecule has 1 amide bonds. The summed E-state index contributed by atoms with van der Waals surface area (Å²) in [6.45, 7) is 5.36. The molecule has 0 aromatic heterocycles. The van der Waals surface area contributed by atoms with Crippen LogP contribution in [0.2, 0.25) is 0 Å². The summed E-state index contributed by atoms with van der Waals surface area (Å²) in [5.74, 6) is -0.146. The van der Waals surface area contributed by atoms with E-state index < -0.39 is 11.7 Å². The van der Waals surface area contributed by atoms with Crippen LogP contribution in [-0.4, -0.2) is 17.5 Å². The number of carbonyl (C=O) groups is 2. The molecule has 0 atom stereocenters. The minimum atomic E-state index is -0.595. The number of nitrogens with one attached hydrogen (secondary N) is 1. The van der Waals surface area contributed by atoms with Crippen molar-refractivity contribution in [2.45, 2.75) is 26.4 Å². The van der Waals surface area contributed by atoms with Gasteiger partial charge in [0, 0.05) is 11.1 Å². The molecule has 0 spiro atoms. The van der Waals surface area contributed by atoms with Crippen molar-refractivity contribution in [3.8, 4) is 0 Å². The highest BCUT2D eigenvalue weighted by atomic mass is 16.6. The Labute approximate surface area is 130 Å². The highest BCUT2D eigenvalue weighted by molar-refractivity contribution is 6.13. The number of rotatable bonds is 3. The zero-order valence-electron chi connectivity index (χ0n) is 12.9. The first-order valence-corrected chi connectivity index (χ1v) is 7.05. The summed E-state index contributed by atoms with van der Waals surface area (Å²) in [7, 11) is 0. The number of ketones is 1. The molecule has 2 aromatic rings. The maximum absolute atomic E-state index is 12.5. The highest BCUT2D eigenvalue weighted by Gasteiger charge is 2.19. The number of hydrogen-bond donors (Lipinski definition) is 1. The van der Waals surface area contributed by atoms with Crippen LogP contribution in [0.15, 0.2) is 54.6 Å². The predicted molar refractivity (Wildman–Crippen MR) is 86.2 cm³/mol. The minimum Gasteiger partial charge on any atom is -0.444 e. The van der Waals surface area contributed by atoms with E-state index in [0.29, 0.717) is 16.8 Å². The van der Waals surface area contributed by atoms with E-state index in [1.807, 2.05) is 6.07 Å². The summed E-state index contributed by atoms with van der Waals surface area (Å²) in [6.07, 6.45) is -0.583. The zero-order valence-corrected chi connectivity index (χ0v) is 12.9. The van der Waals surface area contributed by atoms with E-state index in [1.165, 1.54) is 0 Å². The third kappa shape index (κ3) is 4.19. The van der Waals surface area contributed by atoms with Gasteiger partial charge in [0.2, 0.25) is 0 Å². The first-order valence-electron chi connectivity index (χ1n) is 7.05. The summed E-state index contributed by atoms with van der Waals surface area (Å²) in [4.78, 5) is 24.4. The average Bonchev–Trinajstić information content (AvgIpc) is 2.46. The monoisotopic (exact) mass is 297 g/mol. The molecule has 0 heterocycles. The molecule has 0 saturated heterocycles. The van der Waals surface area contributed by atoms with E-state index in [1.54, 1.807) is 69.3 Å². The molecule has 0 radical (unpaired) electrons.